The van der Waals surface area contributed by atoms with Crippen LogP contribution in [0.2, 0.25) is 0 Å². The third-order valence-electron chi connectivity index (χ3n) is 4.56. The first-order chi connectivity index (χ1) is 13.1. The lowest BCUT2D eigenvalue weighted by Crippen LogP contribution is -2.44. The molecule has 0 radical (unpaired) electrons. The van der Waals surface area contributed by atoms with Gasteiger partial charge in [0.2, 0.25) is 0 Å². The molecule has 5 nitrogen and oxygen atoms in total. The second-order valence-corrected chi connectivity index (χ2v) is 6.42. The molecule has 0 spiro atoms. The van der Waals surface area contributed by atoms with Crippen molar-refractivity contribution in [2.45, 2.75) is 12.8 Å². The first kappa shape index (κ1) is 16.8. The fourth-order valence-electron chi connectivity index (χ4n) is 3.16. The summed E-state index contributed by atoms with van der Waals surface area (Å²) in [5.41, 5.74) is 8.12. The minimum absolute atomic E-state index is 0.321. The van der Waals surface area contributed by atoms with E-state index in [-0.39, 0.29) is 11.8 Å². The number of benzene rings is 3. The molecule has 4 rings (SSSR count). The summed E-state index contributed by atoms with van der Waals surface area (Å²) in [4.78, 5) is 25.2. The zero-order valence-electron chi connectivity index (χ0n) is 14.7. The Bertz CT molecular complexity index is 967. The predicted octanol–water partition coefficient (Wildman–Crippen LogP) is 3.69. The second kappa shape index (κ2) is 6.96. The fraction of sp³-hybridized carbons (Fsp3) is 0.0909. The molecule has 0 saturated heterocycles. The number of amides is 2. The molecule has 27 heavy (non-hydrogen) atoms. The maximum absolute atomic E-state index is 12.9. The van der Waals surface area contributed by atoms with Crippen molar-refractivity contribution in [2.24, 2.45) is 0 Å². The van der Waals surface area contributed by atoms with Crippen molar-refractivity contribution in [1.29, 1.82) is 0 Å². The van der Waals surface area contributed by atoms with Crippen molar-refractivity contribution < 1.29 is 14.3 Å². The SMILES string of the molecule is Cc1ccc(C(=O)NNC(=O)C2c3ccccc3Oc3ccccc32)cc1. The average Bonchev–Trinajstić information content (AvgIpc) is 2.70. The van der Waals surface area contributed by atoms with Gasteiger partial charge in [-0.2, -0.15) is 0 Å². The Morgan fingerprint density at radius 3 is 1.93 bits per heavy atom. The minimum atomic E-state index is -0.565. The molecule has 3 aromatic rings. The van der Waals surface area contributed by atoms with E-state index in [1.807, 2.05) is 67.6 Å². The molecular formula is C22H18N2O3. The van der Waals surface area contributed by atoms with Gasteiger partial charge in [0.15, 0.2) is 0 Å². The van der Waals surface area contributed by atoms with E-state index in [9.17, 15) is 9.59 Å². The zero-order chi connectivity index (χ0) is 18.8. The van der Waals surface area contributed by atoms with Crippen molar-refractivity contribution in [3.8, 4) is 11.5 Å². The summed E-state index contributed by atoms with van der Waals surface area (Å²) in [7, 11) is 0. The van der Waals surface area contributed by atoms with Crippen molar-refractivity contribution >= 4 is 11.8 Å². The number of carbonyl (C=O) groups is 2. The van der Waals surface area contributed by atoms with E-state index in [0.717, 1.165) is 16.7 Å². The maximum atomic E-state index is 12.9. The van der Waals surface area contributed by atoms with Gasteiger partial charge >= 0.3 is 0 Å². The van der Waals surface area contributed by atoms with Crippen LogP contribution in [0.5, 0.6) is 11.5 Å². The highest BCUT2D eigenvalue weighted by Gasteiger charge is 2.32. The van der Waals surface area contributed by atoms with Crippen LogP contribution in [0.25, 0.3) is 0 Å². The Kier molecular flexibility index (Phi) is 4.34. The summed E-state index contributed by atoms with van der Waals surface area (Å²) in [6, 6.07) is 22.0. The van der Waals surface area contributed by atoms with E-state index in [1.165, 1.54) is 0 Å². The van der Waals surface area contributed by atoms with Crippen LogP contribution in [0.4, 0.5) is 0 Å². The first-order valence-corrected chi connectivity index (χ1v) is 8.66. The van der Waals surface area contributed by atoms with Gasteiger partial charge in [0, 0.05) is 16.7 Å². The van der Waals surface area contributed by atoms with Crippen LogP contribution in [0.3, 0.4) is 0 Å². The van der Waals surface area contributed by atoms with Gasteiger partial charge in [0.1, 0.15) is 11.5 Å². The Morgan fingerprint density at radius 1 is 0.778 bits per heavy atom. The number of rotatable bonds is 2. The van der Waals surface area contributed by atoms with Crippen molar-refractivity contribution in [2.75, 3.05) is 0 Å². The van der Waals surface area contributed by atoms with Gasteiger partial charge in [-0.05, 0) is 31.2 Å². The van der Waals surface area contributed by atoms with Gasteiger partial charge in [-0.25, -0.2) is 0 Å². The van der Waals surface area contributed by atoms with Crippen LogP contribution in [0.15, 0.2) is 72.8 Å². The normalized spacial score (nSPS) is 12.3. The van der Waals surface area contributed by atoms with Crippen molar-refractivity contribution in [3.05, 3.63) is 95.1 Å². The number of hydrogen-bond acceptors (Lipinski definition) is 3. The smallest absolute Gasteiger partial charge is 0.269 e. The summed E-state index contributed by atoms with van der Waals surface area (Å²) in [5, 5.41) is 0. The molecule has 1 aliphatic rings. The Balaban J connectivity index is 1.57. The molecule has 2 amide bonds. The van der Waals surface area contributed by atoms with Gasteiger partial charge in [-0.1, -0.05) is 54.1 Å². The first-order valence-electron chi connectivity index (χ1n) is 8.66. The molecule has 5 heteroatoms. The third kappa shape index (κ3) is 3.27. The number of hydrogen-bond donors (Lipinski definition) is 2. The van der Waals surface area contributed by atoms with Gasteiger partial charge in [0.25, 0.3) is 11.8 Å². The van der Waals surface area contributed by atoms with E-state index in [0.29, 0.717) is 17.1 Å². The molecule has 1 heterocycles. The van der Waals surface area contributed by atoms with Gasteiger partial charge in [-0.3, -0.25) is 20.4 Å². The lowest BCUT2D eigenvalue weighted by atomic mass is 9.87. The lowest BCUT2D eigenvalue weighted by Gasteiger charge is -2.27. The monoisotopic (exact) mass is 358 g/mol. The summed E-state index contributed by atoms with van der Waals surface area (Å²) in [5.74, 6) is 0.0301. The number of hydrazine groups is 1. The highest BCUT2D eigenvalue weighted by atomic mass is 16.5. The summed E-state index contributed by atoms with van der Waals surface area (Å²) in [6.45, 7) is 1.95. The lowest BCUT2D eigenvalue weighted by molar-refractivity contribution is -0.122. The number of fused-ring (bicyclic) bond motifs is 2. The third-order valence-corrected chi connectivity index (χ3v) is 4.56. The molecule has 1 aliphatic heterocycles. The van der Waals surface area contributed by atoms with Crippen molar-refractivity contribution in [1.82, 2.24) is 10.9 Å². The molecule has 0 unspecified atom stereocenters. The predicted molar refractivity (Wildman–Crippen MR) is 102 cm³/mol. The van der Waals surface area contributed by atoms with E-state index < -0.39 is 5.92 Å². The Labute approximate surface area is 157 Å². The van der Waals surface area contributed by atoms with E-state index in [4.69, 9.17) is 4.74 Å². The van der Waals surface area contributed by atoms with Crippen LogP contribution in [0.1, 0.15) is 33.0 Å². The van der Waals surface area contributed by atoms with Gasteiger partial charge in [-0.15, -0.1) is 0 Å². The molecule has 0 saturated carbocycles. The number of ether oxygens (including phenoxy) is 1. The topological polar surface area (TPSA) is 67.4 Å². The summed E-state index contributed by atoms with van der Waals surface area (Å²) in [6.07, 6.45) is 0. The minimum Gasteiger partial charge on any atom is -0.457 e. The molecule has 2 N–H and O–H groups in total. The summed E-state index contributed by atoms with van der Waals surface area (Å²) >= 11 is 0. The number of nitrogens with one attached hydrogen (secondary N) is 2. The molecule has 0 fully saturated rings. The highest BCUT2D eigenvalue weighted by Crippen LogP contribution is 2.43. The molecule has 0 aromatic heterocycles. The van der Waals surface area contributed by atoms with Gasteiger partial charge < -0.3 is 4.74 Å². The molecule has 3 aromatic carbocycles. The van der Waals surface area contributed by atoms with E-state index >= 15 is 0 Å². The van der Waals surface area contributed by atoms with Crippen LogP contribution in [-0.2, 0) is 4.79 Å². The number of aryl methyl sites for hydroxylation is 1. The number of carbonyl (C=O) groups excluding carboxylic acids is 2. The zero-order valence-corrected chi connectivity index (χ0v) is 14.7. The van der Waals surface area contributed by atoms with E-state index in [2.05, 4.69) is 10.9 Å². The molecule has 0 aliphatic carbocycles. The van der Waals surface area contributed by atoms with Crippen LogP contribution < -0.4 is 15.6 Å². The van der Waals surface area contributed by atoms with Crippen LogP contribution >= 0.6 is 0 Å². The average molecular weight is 358 g/mol. The van der Waals surface area contributed by atoms with Crippen LogP contribution in [-0.4, -0.2) is 11.8 Å². The summed E-state index contributed by atoms with van der Waals surface area (Å²) < 4.78 is 5.90. The quantitative estimate of drug-likeness (QED) is 0.687. The molecule has 0 atom stereocenters. The fourth-order valence-corrected chi connectivity index (χ4v) is 3.16. The molecular weight excluding hydrogens is 340 g/mol. The molecule has 0 bridgehead atoms. The highest BCUT2D eigenvalue weighted by molar-refractivity contribution is 5.97. The van der Waals surface area contributed by atoms with E-state index in [1.54, 1.807) is 12.1 Å². The molecule has 134 valence electrons. The maximum Gasteiger partial charge on any atom is 0.269 e. The largest absolute Gasteiger partial charge is 0.457 e. The standard InChI is InChI=1S/C22H18N2O3/c1-14-10-12-15(13-11-14)21(25)23-24-22(26)20-16-6-2-4-8-18(16)27-19-9-5-3-7-17(19)20/h2-13,20H,1H3,(H,23,25)(H,24,26). The van der Waals surface area contributed by atoms with Crippen molar-refractivity contribution in [3.63, 3.8) is 0 Å². The Hall–Kier alpha value is -3.60. The van der Waals surface area contributed by atoms with Gasteiger partial charge in [0.05, 0.1) is 5.92 Å². The second-order valence-electron chi connectivity index (χ2n) is 6.42. The number of para-hydroxylation sites is 2. The Morgan fingerprint density at radius 2 is 1.33 bits per heavy atom. The van der Waals surface area contributed by atoms with Crippen LogP contribution in [0, 0.1) is 6.92 Å².